The molecule has 2 rings (SSSR count). The zero-order valence-electron chi connectivity index (χ0n) is 12.4. The normalized spacial score (nSPS) is 23.8. The molecule has 2 atom stereocenters. The Morgan fingerprint density at radius 1 is 1.10 bits per heavy atom. The van der Waals surface area contributed by atoms with Gasteiger partial charge in [-0.2, -0.15) is 0 Å². The lowest BCUT2D eigenvalue weighted by molar-refractivity contribution is 0.0688. The van der Waals surface area contributed by atoms with Gasteiger partial charge < -0.3 is 15.5 Å². The molecule has 1 aliphatic rings. The first-order chi connectivity index (χ1) is 9.74. The molecule has 3 nitrogen and oxygen atoms in total. The zero-order valence-corrected chi connectivity index (χ0v) is 12.4. The SMILES string of the molecule is CCC(CO)(CO)NC1CCCCC1c1ccccc1. The highest BCUT2D eigenvalue weighted by Gasteiger charge is 2.34. The Morgan fingerprint density at radius 3 is 2.35 bits per heavy atom. The summed E-state index contributed by atoms with van der Waals surface area (Å²) in [6.45, 7) is 1.98. The van der Waals surface area contributed by atoms with Crippen molar-refractivity contribution in [3.8, 4) is 0 Å². The molecule has 0 bridgehead atoms. The molecule has 1 aromatic carbocycles. The highest BCUT2D eigenvalue weighted by molar-refractivity contribution is 5.22. The summed E-state index contributed by atoms with van der Waals surface area (Å²) in [5.74, 6) is 0.481. The van der Waals surface area contributed by atoms with Crippen LogP contribution in [0.2, 0.25) is 0 Å². The number of nitrogens with one attached hydrogen (secondary N) is 1. The molecule has 3 N–H and O–H groups in total. The summed E-state index contributed by atoms with van der Waals surface area (Å²) in [5, 5.41) is 22.9. The summed E-state index contributed by atoms with van der Waals surface area (Å²) < 4.78 is 0. The molecule has 0 heterocycles. The van der Waals surface area contributed by atoms with E-state index < -0.39 is 5.54 Å². The van der Waals surface area contributed by atoms with E-state index in [1.807, 2.05) is 13.0 Å². The molecule has 0 aliphatic heterocycles. The lowest BCUT2D eigenvalue weighted by Gasteiger charge is -2.40. The van der Waals surface area contributed by atoms with Gasteiger partial charge >= 0.3 is 0 Å². The van der Waals surface area contributed by atoms with Gasteiger partial charge in [-0.05, 0) is 30.7 Å². The third kappa shape index (κ3) is 3.40. The van der Waals surface area contributed by atoms with Gasteiger partial charge in [-0.3, -0.25) is 0 Å². The summed E-state index contributed by atoms with van der Waals surface area (Å²) in [4.78, 5) is 0. The smallest absolute Gasteiger partial charge is 0.0647 e. The predicted octanol–water partition coefficient (Wildman–Crippen LogP) is 2.44. The van der Waals surface area contributed by atoms with Crippen molar-refractivity contribution in [2.24, 2.45) is 0 Å². The molecule has 0 spiro atoms. The van der Waals surface area contributed by atoms with Crippen LogP contribution in [0.25, 0.3) is 0 Å². The van der Waals surface area contributed by atoms with Gasteiger partial charge in [0.2, 0.25) is 0 Å². The fourth-order valence-corrected chi connectivity index (χ4v) is 3.26. The van der Waals surface area contributed by atoms with Gasteiger partial charge in [-0.1, -0.05) is 50.1 Å². The maximum absolute atomic E-state index is 9.64. The van der Waals surface area contributed by atoms with Gasteiger partial charge in [0.25, 0.3) is 0 Å². The van der Waals surface area contributed by atoms with E-state index >= 15 is 0 Å². The average Bonchev–Trinajstić information content (AvgIpc) is 2.54. The Hall–Kier alpha value is -0.900. The highest BCUT2D eigenvalue weighted by Crippen LogP contribution is 2.34. The third-order valence-electron chi connectivity index (χ3n) is 4.77. The lowest BCUT2D eigenvalue weighted by Crippen LogP contribution is -2.57. The second kappa shape index (κ2) is 7.21. The Balaban J connectivity index is 2.15. The molecule has 0 radical (unpaired) electrons. The maximum Gasteiger partial charge on any atom is 0.0647 e. The van der Waals surface area contributed by atoms with Crippen molar-refractivity contribution in [1.29, 1.82) is 0 Å². The van der Waals surface area contributed by atoms with Crippen LogP contribution in [0.15, 0.2) is 30.3 Å². The molecular formula is C17H27NO2. The van der Waals surface area contributed by atoms with E-state index in [1.165, 1.54) is 24.8 Å². The average molecular weight is 277 g/mol. The Bertz CT molecular complexity index is 381. The Labute approximate surface area is 122 Å². The number of rotatable bonds is 6. The standard InChI is InChI=1S/C17H27NO2/c1-2-17(12-19,13-20)18-16-11-7-6-10-15(16)14-8-4-3-5-9-14/h3-5,8-9,15-16,18-20H,2,6-7,10-13H2,1H3. The number of aliphatic hydroxyl groups is 2. The van der Waals surface area contributed by atoms with E-state index in [0.717, 1.165) is 12.8 Å². The Kier molecular flexibility index (Phi) is 5.58. The second-order valence-corrected chi connectivity index (χ2v) is 6.00. The summed E-state index contributed by atoms with van der Waals surface area (Å²) in [7, 11) is 0. The van der Waals surface area contributed by atoms with Crippen LogP contribution in [-0.2, 0) is 0 Å². The fourth-order valence-electron chi connectivity index (χ4n) is 3.26. The number of hydrogen-bond acceptors (Lipinski definition) is 3. The van der Waals surface area contributed by atoms with Crippen molar-refractivity contribution in [1.82, 2.24) is 5.32 Å². The summed E-state index contributed by atoms with van der Waals surface area (Å²) in [5.41, 5.74) is 0.820. The second-order valence-electron chi connectivity index (χ2n) is 6.00. The molecule has 2 unspecified atom stereocenters. The van der Waals surface area contributed by atoms with Crippen molar-refractivity contribution in [2.75, 3.05) is 13.2 Å². The number of aliphatic hydroxyl groups excluding tert-OH is 2. The lowest BCUT2D eigenvalue weighted by atomic mass is 9.78. The van der Waals surface area contributed by atoms with Crippen molar-refractivity contribution in [3.63, 3.8) is 0 Å². The summed E-state index contributed by atoms with van der Waals surface area (Å²) in [6.07, 6.45) is 5.50. The van der Waals surface area contributed by atoms with Gasteiger partial charge in [-0.25, -0.2) is 0 Å². The molecule has 112 valence electrons. The fraction of sp³-hybridized carbons (Fsp3) is 0.647. The van der Waals surface area contributed by atoms with Crippen LogP contribution >= 0.6 is 0 Å². The predicted molar refractivity (Wildman–Crippen MR) is 81.8 cm³/mol. The molecule has 0 amide bonds. The minimum Gasteiger partial charge on any atom is -0.394 e. The summed E-state index contributed by atoms with van der Waals surface area (Å²) >= 11 is 0. The van der Waals surface area contributed by atoms with Crippen molar-refractivity contribution >= 4 is 0 Å². The van der Waals surface area contributed by atoms with Crippen LogP contribution in [0.5, 0.6) is 0 Å². The number of benzene rings is 1. The van der Waals surface area contributed by atoms with Gasteiger partial charge in [-0.15, -0.1) is 0 Å². The van der Waals surface area contributed by atoms with E-state index in [9.17, 15) is 10.2 Å². The van der Waals surface area contributed by atoms with Crippen molar-refractivity contribution < 1.29 is 10.2 Å². The quantitative estimate of drug-likeness (QED) is 0.748. The molecule has 20 heavy (non-hydrogen) atoms. The highest BCUT2D eigenvalue weighted by atomic mass is 16.3. The number of hydrogen-bond donors (Lipinski definition) is 3. The van der Waals surface area contributed by atoms with Crippen molar-refractivity contribution in [2.45, 2.75) is 56.5 Å². The van der Waals surface area contributed by atoms with Gasteiger partial charge in [0.15, 0.2) is 0 Å². The van der Waals surface area contributed by atoms with E-state index in [2.05, 4.69) is 29.6 Å². The minimum atomic E-state index is -0.547. The van der Waals surface area contributed by atoms with Crippen molar-refractivity contribution in [3.05, 3.63) is 35.9 Å². The van der Waals surface area contributed by atoms with E-state index in [4.69, 9.17) is 0 Å². The van der Waals surface area contributed by atoms with Crippen LogP contribution in [0.4, 0.5) is 0 Å². The van der Waals surface area contributed by atoms with Gasteiger partial charge in [0.1, 0.15) is 0 Å². The molecule has 1 aliphatic carbocycles. The minimum absolute atomic E-state index is 0.0159. The molecule has 1 aromatic rings. The first-order valence-electron chi connectivity index (χ1n) is 7.79. The topological polar surface area (TPSA) is 52.5 Å². The van der Waals surface area contributed by atoms with Crippen LogP contribution in [0.3, 0.4) is 0 Å². The summed E-state index contributed by atoms with van der Waals surface area (Å²) in [6, 6.07) is 10.9. The molecule has 0 aromatic heterocycles. The monoisotopic (exact) mass is 277 g/mol. The van der Waals surface area contributed by atoms with Crippen LogP contribution in [0.1, 0.15) is 50.5 Å². The first-order valence-corrected chi connectivity index (χ1v) is 7.79. The third-order valence-corrected chi connectivity index (χ3v) is 4.77. The van der Waals surface area contributed by atoms with Gasteiger partial charge in [0, 0.05) is 6.04 Å². The largest absolute Gasteiger partial charge is 0.394 e. The molecule has 1 fully saturated rings. The van der Waals surface area contributed by atoms with E-state index in [1.54, 1.807) is 0 Å². The molecule has 0 saturated heterocycles. The molecular weight excluding hydrogens is 250 g/mol. The first kappa shape index (κ1) is 15.5. The van der Waals surface area contributed by atoms with Crippen LogP contribution < -0.4 is 5.32 Å². The molecule has 3 heteroatoms. The maximum atomic E-state index is 9.64. The Morgan fingerprint density at radius 2 is 1.75 bits per heavy atom. The van der Waals surface area contributed by atoms with Crippen LogP contribution in [0, 0.1) is 0 Å². The van der Waals surface area contributed by atoms with Gasteiger partial charge in [0.05, 0.1) is 18.8 Å². The van der Waals surface area contributed by atoms with Crippen LogP contribution in [-0.4, -0.2) is 35.0 Å². The molecule has 1 saturated carbocycles. The zero-order chi connectivity index (χ0) is 14.4. The van der Waals surface area contributed by atoms with E-state index in [0.29, 0.717) is 12.0 Å². The van der Waals surface area contributed by atoms with E-state index in [-0.39, 0.29) is 13.2 Å².